The lowest BCUT2D eigenvalue weighted by Crippen LogP contribution is -2.43. The van der Waals surface area contributed by atoms with Crippen LogP contribution < -0.4 is 0 Å². The second kappa shape index (κ2) is 8.13. The fraction of sp³-hybridized carbons (Fsp3) is 1.00. The molecule has 0 N–H and O–H groups in total. The molecule has 0 radical (unpaired) electrons. The summed E-state index contributed by atoms with van der Waals surface area (Å²) < 4.78 is 0. The molecule has 4 aliphatic carbocycles. The molecule has 4 aliphatic rings. The summed E-state index contributed by atoms with van der Waals surface area (Å²) in [5.41, 5.74) is 0. The molecule has 0 aliphatic heterocycles. The third-order valence-electron chi connectivity index (χ3n) is 9.13. The Morgan fingerprint density at radius 2 is 1.08 bits per heavy atom. The first kappa shape index (κ1) is 17.4. The normalized spacial score (nSPS) is 40.9. The fourth-order valence-corrected chi connectivity index (χ4v) is 7.87. The lowest BCUT2D eigenvalue weighted by atomic mass is 9.53. The van der Waals surface area contributed by atoms with E-state index in [2.05, 4.69) is 6.92 Å². The zero-order chi connectivity index (χ0) is 16.4. The molecule has 5 atom stereocenters. The predicted molar refractivity (Wildman–Crippen MR) is 104 cm³/mol. The molecular weight excluding hydrogens is 288 g/mol. The zero-order valence-corrected chi connectivity index (χ0v) is 16.4. The van der Waals surface area contributed by atoms with E-state index < -0.39 is 0 Å². The molecule has 0 saturated heterocycles. The van der Waals surface area contributed by atoms with Gasteiger partial charge in [0.2, 0.25) is 0 Å². The van der Waals surface area contributed by atoms with Crippen LogP contribution in [0.3, 0.4) is 0 Å². The smallest absolute Gasteiger partial charge is 0.0352 e. The fourth-order valence-electron chi connectivity index (χ4n) is 7.87. The Morgan fingerprint density at radius 1 is 0.500 bits per heavy atom. The van der Waals surface area contributed by atoms with Crippen LogP contribution in [0.15, 0.2) is 0 Å². The second-order valence-electron chi connectivity index (χ2n) is 10.2. The van der Waals surface area contributed by atoms with Gasteiger partial charge in [-0.05, 0) is 67.1 Å². The van der Waals surface area contributed by atoms with Gasteiger partial charge in [-0.3, -0.25) is 0 Å². The highest BCUT2D eigenvalue weighted by atomic mass is 14.5. The molecule has 0 aromatic heterocycles. The molecule has 0 nitrogen and oxygen atoms in total. The molecular formula is C24H42. The van der Waals surface area contributed by atoms with Crippen molar-refractivity contribution in [3.05, 3.63) is 0 Å². The maximum Gasteiger partial charge on any atom is -0.0352 e. The van der Waals surface area contributed by atoms with E-state index in [1.54, 1.807) is 77.0 Å². The monoisotopic (exact) mass is 330 g/mol. The summed E-state index contributed by atoms with van der Waals surface area (Å²) in [4.78, 5) is 0. The van der Waals surface area contributed by atoms with Crippen LogP contribution in [0.25, 0.3) is 0 Å². The molecule has 4 rings (SSSR count). The van der Waals surface area contributed by atoms with Crippen molar-refractivity contribution < 1.29 is 0 Å². The first-order valence-electron chi connectivity index (χ1n) is 11.8. The third-order valence-corrected chi connectivity index (χ3v) is 9.13. The highest BCUT2D eigenvalue weighted by molar-refractivity contribution is 4.95. The Hall–Kier alpha value is 0. The van der Waals surface area contributed by atoms with Crippen molar-refractivity contribution in [3.8, 4) is 0 Å². The van der Waals surface area contributed by atoms with E-state index in [0.717, 1.165) is 41.4 Å². The van der Waals surface area contributed by atoms with Crippen LogP contribution in [0.5, 0.6) is 0 Å². The minimum Gasteiger partial charge on any atom is -0.0620 e. The average molecular weight is 331 g/mol. The summed E-state index contributed by atoms with van der Waals surface area (Å²) in [5, 5.41) is 0. The van der Waals surface area contributed by atoms with Gasteiger partial charge in [-0.1, -0.05) is 84.0 Å². The van der Waals surface area contributed by atoms with Gasteiger partial charge in [-0.15, -0.1) is 0 Å². The largest absolute Gasteiger partial charge is 0.0620 e. The Labute approximate surface area is 151 Å². The topological polar surface area (TPSA) is 0 Å². The van der Waals surface area contributed by atoms with Gasteiger partial charge in [0.25, 0.3) is 0 Å². The Bertz CT molecular complexity index is 371. The minimum absolute atomic E-state index is 1.03. The Kier molecular flexibility index (Phi) is 5.90. The summed E-state index contributed by atoms with van der Waals surface area (Å²) in [6.07, 6.45) is 24.9. The van der Waals surface area contributed by atoms with E-state index in [-0.39, 0.29) is 0 Å². The molecule has 24 heavy (non-hydrogen) atoms. The molecule has 0 aromatic rings. The molecule has 0 spiro atoms. The highest BCUT2D eigenvalue weighted by Crippen LogP contribution is 2.54. The summed E-state index contributed by atoms with van der Waals surface area (Å²) in [6.45, 7) is 2.67. The number of hydrogen-bond acceptors (Lipinski definition) is 0. The lowest BCUT2D eigenvalue weighted by Gasteiger charge is -2.52. The van der Waals surface area contributed by atoms with Gasteiger partial charge >= 0.3 is 0 Å². The zero-order valence-electron chi connectivity index (χ0n) is 16.4. The molecule has 0 heteroatoms. The van der Waals surface area contributed by atoms with Gasteiger partial charge < -0.3 is 0 Å². The number of rotatable bonds is 3. The van der Waals surface area contributed by atoms with Gasteiger partial charge in [0, 0.05) is 0 Å². The number of hydrogen-bond donors (Lipinski definition) is 0. The summed E-state index contributed by atoms with van der Waals surface area (Å²) in [6, 6.07) is 0. The van der Waals surface area contributed by atoms with Gasteiger partial charge in [0.1, 0.15) is 0 Å². The number of fused-ring (bicyclic) bond motifs is 1. The van der Waals surface area contributed by atoms with Gasteiger partial charge in [0.15, 0.2) is 0 Å². The van der Waals surface area contributed by atoms with Crippen molar-refractivity contribution in [1.82, 2.24) is 0 Å². The molecule has 4 saturated carbocycles. The van der Waals surface area contributed by atoms with Crippen LogP contribution in [-0.4, -0.2) is 0 Å². The SMILES string of the molecule is CC(C1CCCCC1)C1CCC(C2CCCCC2)C2CCCCC12. The van der Waals surface area contributed by atoms with E-state index in [1.807, 2.05) is 0 Å². The van der Waals surface area contributed by atoms with Crippen molar-refractivity contribution in [1.29, 1.82) is 0 Å². The third kappa shape index (κ3) is 3.59. The van der Waals surface area contributed by atoms with Crippen molar-refractivity contribution in [2.75, 3.05) is 0 Å². The Morgan fingerprint density at radius 3 is 1.79 bits per heavy atom. The quantitative estimate of drug-likeness (QED) is 0.499. The highest BCUT2D eigenvalue weighted by Gasteiger charge is 2.45. The van der Waals surface area contributed by atoms with Crippen LogP contribution in [0.2, 0.25) is 0 Å². The standard InChI is InChI=1S/C24H42/c1-18(19-10-4-2-5-11-19)21-16-17-22(20-12-6-3-7-13-20)24-15-9-8-14-23(21)24/h18-24H,2-17H2,1H3. The van der Waals surface area contributed by atoms with Crippen LogP contribution in [0.4, 0.5) is 0 Å². The van der Waals surface area contributed by atoms with Crippen LogP contribution in [0, 0.1) is 41.4 Å². The maximum absolute atomic E-state index is 2.67. The molecule has 0 bridgehead atoms. The Balaban J connectivity index is 1.45. The first-order valence-corrected chi connectivity index (χ1v) is 11.8. The predicted octanol–water partition coefficient (Wildman–Crippen LogP) is 7.62. The minimum atomic E-state index is 1.03. The van der Waals surface area contributed by atoms with E-state index in [9.17, 15) is 0 Å². The summed E-state index contributed by atoms with van der Waals surface area (Å²) >= 11 is 0. The molecule has 0 heterocycles. The molecule has 138 valence electrons. The molecule has 4 fully saturated rings. The van der Waals surface area contributed by atoms with Crippen molar-refractivity contribution >= 4 is 0 Å². The van der Waals surface area contributed by atoms with Gasteiger partial charge in [-0.2, -0.15) is 0 Å². The maximum atomic E-state index is 2.67. The van der Waals surface area contributed by atoms with Crippen molar-refractivity contribution in [2.24, 2.45) is 41.4 Å². The van der Waals surface area contributed by atoms with Crippen LogP contribution in [0.1, 0.15) is 110 Å². The summed E-state index contributed by atoms with van der Waals surface area (Å²) in [7, 11) is 0. The van der Waals surface area contributed by atoms with E-state index in [0.29, 0.717) is 0 Å². The van der Waals surface area contributed by atoms with Crippen LogP contribution >= 0.6 is 0 Å². The van der Waals surface area contributed by atoms with Crippen LogP contribution in [-0.2, 0) is 0 Å². The van der Waals surface area contributed by atoms with Crippen molar-refractivity contribution in [2.45, 2.75) is 110 Å². The molecule has 0 aromatic carbocycles. The second-order valence-corrected chi connectivity index (χ2v) is 10.2. The molecule has 5 unspecified atom stereocenters. The molecule has 0 amide bonds. The van der Waals surface area contributed by atoms with E-state index in [4.69, 9.17) is 0 Å². The van der Waals surface area contributed by atoms with Crippen molar-refractivity contribution in [3.63, 3.8) is 0 Å². The first-order chi connectivity index (χ1) is 11.8. The average Bonchev–Trinajstić information content (AvgIpc) is 2.68. The van der Waals surface area contributed by atoms with Gasteiger partial charge in [0.05, 0.1) is 0 Å². The van der Waals surface area contributed by atoms with E-state index in [1.165, 1.54) is 25.7 Å². The van der Waals surface area contributed by atoms with E-state index >= 15 is 0 Å². The summed E-state index contributed by atoms with van der Waals surface area (Å²) in [5.74, 6) is 7.71. The lowest BCUT2D eigenvalue weighted by molar-refractivity contribution is -0.0220. The van der Waals surface area contributed by atoms with Gasteiger partial charge in [-0.25, -0.2) is 0 Å².